The predicted octanol–water partition coefficient (Wildman–Crippen LogP) is 2.92. The Balaban J connectivity index is 2.33. The lowest BCUT2D eigenvalue weighted by molar-refractivity contribution is 0.0698. The van der Waals surface area contributed by atoms with E-state index in [2.05, 4.69) is 5.32 Å². The Hall–Kier alpha value is -3.07. The van der Waals surface area contributed by atoms with Gasteiger partial charge < -0.3 is 16.2 Å². The summed E-state index contributed by atoms with van der Waals surface area (Å²) in [6.45, 7) is 0. The molecule has 0 unspecified atom stereocenters. The largest absolute Gasteiger partial charge is 0.478 e. The Kier molecular flexibility index (Phi) is 4.05. The van der Waals surface area contributed by atoms with E-state index in [9.17, 15) is 9.18 Å². The molecule has 0 saturated heterocycles. The second-order valence-corrected chi connectivity index (χ2v) is 4.35. The first kappa shape index (κ1) is 14.3. The molecule has 0 radical (unpaired) electrons. The lowest BCUT2D eigenvalue weighted by Gasteiger charge is -2.12. The summed E-state index contributed by atoms with van der Waals surface area (Å²) in [5.41, 5.74) is 6.42. The summed E-state index contributed by atoms with van der Waals surface area (Å²) in [4.78, 5) is 11.2. The van der Waals surface area contributed by atoms with Gasteiger partial charge in [0.25, 0.3) is 0 Å². The van der Waals surface area contributed by atoms with Gasteiger partial charge in [-0.3, -0.25) is 0 Å². The number of nitriles is 1. The van der Waals surface area contributed by atoms with Gasteiger partial charge >= 0.3 is 5.97 Å². The van der Waals surface area contributed by atoms with Crippen LogP contribution in [0.1, 0.15) is 15.9 Å². The molecule has 2 aromatic rings. The fraction of sp³-hybridized carbons (Fsp3) is 0.0667. The Bertz CT molecular complexity index is 721. The number of benzene rings is 2. The summed E-state index contributed by atoms with van der Waals surface area (Å²) < 4.78 is 13.3. The molecular weight excluding hydrogens is 273 g/mol. The van der Waals surface area contributed by atoms with E-state index in [0.717, 1.165) is 11.6 Å². The number of anilines is 3. The molecular formula is C15H12FN3O2. The Labute approximate surface area is 120 Å². The van der Waals surface area contributed by atoms with Crippen molar-refractivity contribution in [2.75, 3.05) is 11.1 Å². The van der Waals surface area contributed by atoms with Crippen molar-refractivity contribution in [3.8, 4) is 6.07 Å². The smallest absolute Gasteiger partial charge is 0.340 e. The van der Waals surface area contributed by atoms with Crippen LogP contribution in [0.4, 0.5) is 21.5 Å². The monoisotopic (exact) mass is 285 g/mol. The Morgan fingerprint density at radius 3 is 2.52 bits per heavy atom. The van der Waals surface area contributed by atoms with Crippen LogP contribution in [0.3, 0.4) is 0 Å². The van der Waals surface area contributed by atoms with Crippen molar-refractivity contribution < 1.29 is 14.3 Å². The normalized spacial score (nSPS) is 9.90. The first-order valence-electron chi connectivity index (χ1n) is 6.07. The molecule has 0 amide bonds. The maximum Gasteiger partial charge on any atom is 0.340 e. The molecule has 0 atom stereocenters. The van der Waals surface area contributed by atoms with Crippen LogP contribution in [0, 0.1) is 17.1 Å². The highest BCUT2D eigenvalue weighted by Gasteiger charge is 2.17. The SMILES string of the molecule is N#CCc1ccc(Nc2ccc(F)c(N)c2C(=O)O)cc1. The third-order valence-corrected chi connectivity index (χ3v) is 2.92. The van der Waals surface area contributed by atoms with Crippen molar-refractivity contribution in [3.63, 3.8) is 0 Å². The second-order valence-electron chi connectivity index (χ2n) is 4.35. The number of carboxylic acids is 1. The minimum atomic E-state index is -1.31. The number of nitrogens with one attached hydrogen (secondary N) is 1. The molecule has 2 aromatic carbocycles. The first-order chi connectivity index (χ1) is 10.0. The molecule has 0 heterocycles. The topological polar surface area (TPSA) is 99.1 Å². The number of carboxylic acid groups (broad SMARTS) is 1. The molecule has 0 bridgehead atoms. The average Bonchev–Trinajstić information content (AvgIpc) is 2.45. The molecule has 21 heavy (non-hydrogen) atoms. The fourth-order valence-corrected chi connectivity index (χ4v) is 1.88. The summed E-state index contributed by atoms with van der Waals surface area (Å²) >= 11 is 0. The Morgan fingerprint density at radius 1 is 1.29 bits per heavy atom. The van der Waals surface area contributed by atoms with Gasteiger partial charge in [-0.15, -0.1) is 0 Å². The minimum absolute atomic E-state index is 0.203. The summed E-state index contributed by atoms with van der Waals surface area (Å²) in [5, 5.41) is 20.6. The number of carbonyl (C=O) groups is 1. The van der Waals surface area contributed by atoms with Gasteiger partial charge in [-0.25, -0.2) is 9.18 Å². The fourth-order valence-electron chi connectivity index (χ4n) is 1.88. The molecule has 0 aliphatic heterocycles. The molecule has 0 aromatic heterocycles. The minimum Gasteiger partial charge on any atom is -0.478 e. The lowest BCUT2D eigenvalue weighted by Crippen LogP contribution is -2.08. The average molecular weight is 285 g/mol. The number of rotatable bonds is 4. The Morgan fingerprint density at radius 2 is 1.95 bits per heavy atom. The molecule has 0 fully saturated rings. The van der Waals surface area contributed by atoms with Crippen LogP contribution in [-0.4, -0.2) is 11.1 Å². The van der Waals surface area contributed by atoms with E-state index >= 15 is 0 Å². The van der Waals surface area contributed by atoms with Gasteiger partial charge in [-0.1, -0.05) is 12.1 Å². The number of nitrogen functional groups attached to an aromatic ring is 1. The van der Waals surface area contributed by atoms with Gasteiger partial charge in [0.05, 0.1) is 23.9 Å². The van der Waals surface area contributed by atoms with Crippen LogP contribution in [-0.2, 0) is 6.42 Å². The third kappa shape index (κ3) is 3.09. The predicted molar refractivity (Wildman–Crippen MR) is 76.8 cm³/mol. The van der Waals surface area contributed by atoms with E-state index in [1.807, 2.05) is 6.07 Å². The molecule has 0 aliphatic rings. The molecule has 2 rings (SSSR count). The zero-order chi connectivity index (χ0) is 15.4. The highest BCUT2D eigenvalue weighted by molar-refractivity contribution is 6.00. The van der Waals surface area contributed by atoms with Crippen molar-refractivity contribution in [2.45, 2.75) is 6.42 Å². The molecule has 0 saturated carbocycles. The summed E-state index contributed by atoms with van der Waals surface area (Å²) in [6, 6.07) is 11.4. The number of nitrogens with two attached hydrogens (primary N) is 1. The van der Waals surface area contributed by atoms with E-state index < -0.39 is 17.5 Å². The van der Waals surface area contributed by atoms with Gasteiger partial charge in [0, 0.05) is 5.69 Å². The van der Waals surface area contributed by atoms with Crippen molar-refractivity contribution >= 4 is 23.0 Å². The van der Waals surface area contributed by atoms with E-state index in [-0.39, 0.29) is 11.3 Å². The van der Waals surface area contributed by atoms with Crippen LogP contribution >= 0.6 is 0 Å². The second kappa shape index (κ2) is 5.92. The van der Waals surface area contributed by atoms with Crippen molar-refractivity contribution in [1.82, 2.24) is 0 Å². The number of hydrogen-bond donors (Lipinski definition) is 3. The number of hydrogen-bond acceptors (Lipinski definition) is 4. The van der Waals surface area contributed by atoms with Crippen molar-refractivity contribution in [3.05, 3.63) is 53.3 Å². The maximum absolute atomic E-state index is 13.3. The van der Waals surface area contributed by atoms with Crippen LogP contribution in [0.5, 0.6) is 0 Å². The van der Waals surface area contributed by atoms with Crippen LogP contribution in [0.2, 0.25) is 0 Å². The molecule has 106 valence electrons. The zero-order valence-electron chi connectivity index (χ0n) is 10.9. The zero-order valence-corrected chi connectivity index (χ0v) is 10.9. The van der Waals surface area contributed by atoms with Gasteiger partial charge in [-0.2, -0.15) is 5.26 Å². The number of nitrogens with zero attached hydrogens (tertiary/aromatic N) is 1. The van der Waals surface area contributed by atoms with Crippen molar-refractivity contribution in [2.24, 2.45) is 0 Å². The molecule has 6 heteroatoms. The van der Waals surface area contributed by atoms with Gasteiger partial charge in [-0.05, 0) is 29.8 Å². The number of halogens is 1. The van der Waals surface area contributed by atoms with Gasteiger partial charge in [0.15, 0.2) is 0 Å². The third-order valence-electron chi connectivity index (χ3n) is 2.92. The standard InChI is InChI=1S/C15H12FN3O2/c16-11-5-6-12(13(14(11)18)15(20)21)19-10-3-1-9(2-4-10)7-8-17/h1-6,19H,7,18H2,(H,20,21). The molecule has 0 aliphatic carbocycles. The van der Waals surface area contributed by atoms with Crippen LogP contribution < -0.4 is 11.1 Å². The summed E-state index contributed by atoms with van der Waals surface area (Å²) in [5.74, 6) is -2.09. The highest BCUT2D eigenvalue weighted by atomic mass is 19.1. The van der Waals surface area contributed by atoms with Crippen molar-refractivity contribution in [1.29, 1.82) is 5.26 Å². The summed E-state index contributed by atoms with van der Waals surface area (Å²) in [7, 11) is 0. The first-order valence-corrected chi connectivity index (χ1v) is 6.07. The highest BCUT2D eigenvalue weighted by Crippen LogP contribution is 2.28. The van der Waals surface area contributed by atoms with Gasteiger partial charge in [0.1, 0.15) is 11.4 Å². The van der Waals surface area contributed by atoms with Gasteiger partial charge in [0.2, 0.25) is 0 Å². The molecule has 5 nitrogen and oxygen atoms in total. The molecule has 0 spiro atoms. The quantitative estimate of drug-likeness (QED) is 0.750. The molecule has 4 N–H and O–H groups in total. The van der Waals surface area contributed by atoms with E-state index in [4.69, 9.17) is 16.1 Å². The van der Waals surface area contributed by atoms with Crippen LogP contribution in [0.25, 0.3) is 0 Å². The van der Waals surface area contributed by atoms with E-state index in [0.29, 0.717) is 12.1 Å². The summed E-state index contributed by atoms with van der Waals surface area (Å²) in [6.07, 6.45) is 0.296. The number of aromatic carboxylic acids is 1. The maximum atomic E-state index is 13.3. The van der Waals surface area contributed by atoms with E-state index in [1.165, 1.54) is 6.07 Å². The van der Waals surface area contributed by atoms with E-state index in [1.54, 1.807) is 24.3 Å². The lowest BCUT2D eigenvalue weighted by atomic mass is 10.1. The van der Waals surface area contributed by atoms with Crippen LogP contribution in [0.15, 0.2) is 36.4 Å².